The number of benzene rings is 4. The number of phenols is 1. The number of carboxylic acid groups (broad SMARTS) is 1. The molecule has 53 heavy (non-hydrogen) atoms. The highest BCUT2D eigenvalue weighted by molar-refractivity contribution is 7.99. The molecule has 0 radical (unpaired) electrons. The number of aromatic nitrogens is 3. The number of carbonyl (C=O) groups is 2. The Bertz CT molecular complexity index is 2420. The molecule has 1 heterocycles. The van der Waals surface area contributed by atoms with Crippen molar-refractivity contribution in [2.45, 2.75) is 21.4 Å². The van der Waals surface area contributed by atoms with Crippen molar-refractivity contribution in [2.24, 2.45) is 0 Å². The van der Waals surface area contributed by atoms with Gasteiger partial charge in [-0.3, -0.25) is 13.9 Å². The highest BCUT2D eigenvalue weighted by Gasteiger charge is 2.20. The Morgan fingerprint density at radius 3 is 2.28 bits per heavy atom. The number of fused-ring (bicyclic) bond motifs is 1. The minimum atomic E-state index is -4.79. The highest BCUT2D eigenvalue weighted by Crippen LogP contribution is 2.38. The number of aromatic hydroxyl groups is 1. The molecule has 0 aliphatic rings. The molecule has 0 fully saturated rings. The zero-order valence-corrected chi connectivity index (χ0v) is 29.8. The fourth-order valence-electron chi connectivity index (χ4n) is 4.69. The van der Waals surface area contributed by atoms with Crippen molar-refractivity contribution < 1.29 is 60.4 Å². The molecule has 5 rings (SSSR count). The molecule has 0 unspecified atom stereocenters. The number of hydrogen-bond donors (Lipinski definition) is 8. The summed E-state index contributed by atoms with van der Waals surface area (Å²) in [5.74, 6) is -2.86. The molecule has 0 saturated heterocycles. The van der Waals surface area contributed by atoms with Crippen molar-refractivity contribution in [3.63, 3.8) is 0 Å². The molecule has 5 aromatic rings. The number of carboxylic acids is 1. The highest BCUT2D eigenvalue weighted by atomic mass is 32.2. The van der Waals surface area contributed by atoms with Crippen LogP contribution in [0.5, 0.6) is 5.75 Å². The van der Waals surface area contributed by atoms with Crippen LogP contribution in [0.2, 0.25) is 0 Å². The molecule has 0 atom stereocenters. The van der Waals surface area contributed by atoms with Gasteiger partial charge in [0.05, 0.1) is 39.6 Å². The number of anilines is 5. The zero-order chi connectivity index (χ0) is 38.3. The summed E-state index contributed by atoms with van der Waals surface area (Å²) in [6.45, 7) is 0. The third-order valence-electron chi connectivity index (χ3n) is 6.86. The van der Waals surface area contributed by atoms with E-state index in [0.717, 1.165) is 23.9 Å². The maximum absolute atomic E-state index is 13.5. The topological polar surface area (TPSA) is 297 Å². The van der Waals surface area contributed by atoms with Gasteiger partial charge in [-0.05, 0) is 66.4 Å². The van der Waals surface area contributed by atoms with Crippen LogP contribution in [0.15, 0.2) is 87.7 Å². The van der Waals surface area contributed by atoms with Gasteiger partial charge in [-0.25, -0.2) is 10.1 Å². The van der Waals surface area contributed by atoms with E-state index in [0.29, 0.717) is 12.0 Å². The lowest BCUT2D eigenvalue weighted by molar-refractivity contribution is -0.432. The summed E-state index contributed by atoms with van der Waals surface area (Å²) < 4.78 is 69.6. The maximum atomic E-state index is 13.5. The Morgan fingerprint density at radius 2 is 1.58 bits per heavy atom. The van der Waals surface area contributed by atoms with E-state index < -0.39 is 48.5 Å². The van der Waals surface area contributed by atoms with Crippen molar-refractivity contribution >= 4 is 95.6 Å². The van der Waals surface area contributed by atoms with Crippen LogP contribution in [0.1, 0.15) is 27.1 Å². The number of hydrogen-bond acceptors (Lipinski definition) is 17. The summed E-state index contributed by atoms with van der Waals surface area (Å²) in [4.78, 5) is 37.7. The summed E-state index contributed by atoms with van der Waals surface area (Å²) in [7, 11) is -8.98. The first-order valence-electron chi connectivity index (χ1n) is 14.6. The number of aromatic carboxylic acids is 1. The molecule has 1 amide bonds. The average molecular weight is 807 g/mol. The van der Waals surface area contributed by atoms with E-state index in [1.54, 1.807) is 12.1 Å². The lowest BCUT2D eigenvalue weighted by Gasteiger charge is -2.14. The first kappa shape index (κ1) is 39.1. The molecular formula is C30H26N6O13S4. The van der Waals surface area contributed by atoms with Crippen LogP contribution < -0.4 is 16.0 Å². The maximum Gasteiger partial charge on any atom is 0.337 e. The van der Waals surface area contributed by atoms with Gasteiger partial charge in [0.25, 0.3) is 26.1 Å². The minimum absolute atomic E-state index is 0.00519. The molecule has 0 aliphatic carbocycles. The molecule has 0 saturated carbocycles. The summed E-state index contributed by atoms with van der Waals surface area (Å²) in [5, 5.41) is 40.8. The van der Waals surface area contributed by atoms with Crippen LogP contribution in [0, 0.1) is 0 Å². The summed E-state index contributed by atoms with van der Waals surface area (Å²) >= 11 is 1.51. The number of rotatable bonds is 16. The van der Waals surface area contributed by atoms with E-state index in [2.05, 4.69) is 40.3 Å². The average Bonchev–Trinajstić information content (AvgIpc) is 3.08. The van der Waals surface area contributed by atoms with Gasteiger partial charge in [-0.2, -0.15) is 31.8 Å². The zero-order valence-electron chi connectivity index (χ0n) is 26.5. The fraction of sp³-hybridized carbons (Fsp3) is 0.100. The predicted molar refractivity (Wildman–Crippen MR) is 192 cm³/mol. The second-order valence-electron chi connectivity index (χ2n) is 10.6. The SMILES string of the molecule is O=C(Nc1cc(S(=O)(=O)O)cc2cc(SOOO)cc(O)c12)c1cccc(Nc2nc(Nc3ccccc3C(=O)O)nc(SCCCS(=O)(=O)O)n2)c1. The molecule has 23 heteroatoms. The number of amides is 1. The second kappa shape index (κ2) is 16.7. The van der Waals surface area contributed by atoms with Gasteiger partial charge in [-0.15, -0.1) is 4.33 Å². The lowest BCUT2D eigenvalue weighted by Crippen LogP contribution is -2.13. The quantitative estimate of drug-likeness (QED) is 0.0158. The van der Waals surface area contributed by atoms with E-state index >= 15 is 0 Å². The van der Waals surface area contributed by atoms with Gasteiger partial charge in [0.2, 0.25) is 11.9 Å². The molecule has 1 aromatic heterocycles. The van der Waals surface area contributed by atoms with E-state index in [1.165, 1.54) is 48.5 Å². The number of nitrogens with one attached hydrogen (secondary N) is 3. The number of thioether (sulfide) groups is 1. The Hall–Kier alpha value is -5.11. The number of carbonyl (C=O) groups excluding carboxylic acids is 1. The molecule has 19 nitrogen and oxygen atoms in total. The first-order valence-corrected chi connectivity index (χ1v) is 19.4. The third-order valence-corrected chi connectivity index (χ3v) is 9.99. The number of nitrogens with zero attached hydrogens (tertiary/aromatic N) is 3. The molecule has 0 bridgehead atoms. The van der Waals surface area contributed by atoms with Gasteiger partial charge in [0.15, 0.2) is 5.16 Å². The van der Waals surface area contributed by atoms with Gasteiger partial charge >= 0.3 is 5.97 Å². The Labute approximate surface area is 308 Å². The predicted octanol–water partition coefficient (Wildman–Crippen LogP) is 5.21. The third kappa shape index (κ3) is 10.7. The van der Waals surface area contributed by atoms with Crippen molar-refractivity contribution in [1.29, 1.82) is 0 Å². The van der Waals surface area contributed by atoms with E-state index in [9.17, 15) is 41.2 Å². The molecule has 4 aromatic carbocycles. The van der Waals surface area contributed by atoms with Crippen LogP contribution in [0.4, 0.5) is 29.0 Å². The van der Waals surface area contributed by atoms with Crippen LogP contribution in [-0.4, -0.2) is 79.7 Å². The Kier molecular flexibility index (Phi) is 12.3. The lowest BCUT2D eigenvalue weighted by atomic mass is 10.1. The minimum Gasteiger partial charge on any atom is -0.507 e. The second-order valence-corrected chi connectivity index (χ2v) is 15.4. The van der Waals surface area contributed by atoms with Gasteiger partial charge in [0, 0.05) is 27.3 Å². The summed E-state index contributed by atoms with van der Waals surface area (Å²) in [6, 6.07) is 16.4. The summed E-state index contributed by atoms with van der Waals surface area (Å²) in [5.41, 5.74) is 0.212. The largest absolute Gasteiger partial charge is 0.507 e. The van der Waals surface area contributed by atoms with Gasteiger partial charge in [-0.1, -0.05) is 35.0 Å². The van der Waals surface area contributed by atoms with Crippen molar-refractivity contribution in [1.82, 2.24) is 15.0 Å². The van der Waals surface area contributed by atoms with Crippen LogP contribution in [0.3, 0.4) is 0 Å². The van der Waals surface area contributed by atoms with Crippen molar-refractivity contribution in [2.75, 3.05) is 27.5 Å². The normalized spacial score (nSPS) is 11.7. The van der Waals surface area contributed by atoms with Crippen molar-refractivity contribution in [3.8, 4) is 5.75 Å². The molecule has 0 aliphatic heterocycles. The standard InChI is InChI=1S/C30H26N6O13S4/c37-24-14-19(51-49-48-41)12-17-13-20(53(45,46)47)15-23(25(17)24)32-26(38)16-5-3-6-18(11-16)31-28-34-29(33-22-8-2-1-7-21(22)27(39)40)36-30(35-28)50-9-4-10-52(42,43)44/h1-3,5-8,11-15,37,41H,4,9-10H2,(H,32,38)(H,39,40)(H,42,43,44)(H,45,46,47)(H2,31,33,34,35,36). The summed E-state index contributed by atoms with van der Waals surface area (Å²) in [6.07, 6.45) is 0.0626. The Morgan fingerprint density at radius 1 is 0.849 bits per heavy atom. The number of phenolic OH excluding ortho intramolecular Hbond substituents is 1. The fourth-order valence-corrected chi connectivity index (χ4v) is 7.14. The number of para-hydroxylation sites is 1. The van der Waals surface area contributed by atoms with E-state index in [1.807, 2.05) is 0 Å². The van der Waals surface area contributed by atoms with Gasteiger partial charge < -0.3 is 26.2 Å². The van der Waals surface area contributed by atoms with Crippen molar-refractivity contribution in [3.05, 3.63) is 83.9 Å². The van der Waals surface area contributed by atoms with Crippen LogP contribution in [-0.2, 0) is 29.6 Å². The Balaban J connectivity index is 1.44. The molecular weight excluding hydrogens is 781 g/mol. The van der Waals surface area contributed by atoms with Crippen LogP contribution >= 0.6 is 23.8 Å². The van der Waals surface area contributed by atoms with E-state index in [4.69, 9.17) is 9.81 Å². The van der Waals surface area contributed by atoms with Crippen LogP contribution in [0.25, 0.3) is 10.8 Å². The molecule has 278 valence electrons. The monoisotopic (exact) mass is 806 g/mol. The first-order chi connectivity index (χ1) is 25.1. The van der Waals surface area contributed by atoms with Gasteiger partial charge in [0.1, 0.15) is 5.75 Å². The molecule has 8 N–H and O–H groups in total. The van der Waals surface area contributed by atoms with E-state index in [-0.39, 0.29) is 73.1 Å². The smallest absolute Gasteiger partial charge is 0.337 e. The molecule has 0 spiro atoms.